The monoisotopic (exact) mass is 397 g/mol. The third kappa shape index (κ3) is 3.67. The molecule has 1 saturated heterocycles. The first kappa shape index (κ1) is 18.7. The highest BCUT2D eigenvalue weighted by atomic mass is 35.5. The minimum atomic E-state index is -0.271. The Bertz CT molecular complexity index is 1010. The predicted octanol–water partition coefficient (Wildman–Crippen LogP) is 4.66. The van der Waals surface area contributed by atoms with Crippen LogP contribution in [0.15, 0.2) is 48.5 Å². The smallest absolute Gasteiger partial charge is 0.222 e. The molecule has 0 bridgehead atoms. The lowest BCUT2D eigenvalue weighted by molar-refractivity contribution is -0.125. The number of fused-ring (bicyclic) bond motifs is 1. The van der Waals surface area contributed by atoms with Gasteiger partial charge in [0.1, 0.15) is 5.82 Å². The second kappa shape index (κ2) is 7.76. The Balaban J connectivity index is 1.74. The Morgan fingerprint density at radius 2 is 1.86 bits per heavy atom. The van der Waals surface area contributed by atoms with Crippen LogP contribution < -0.4 is 10.2 Å². The average molecular weight is 398 g/mol. The normalized spacial score (nSPS) is 15.0. The summed E-state index contributed by atoms with van der Waals surface area (Å²) in [6, 6.07) is 14.1. The third-order valence-corrected chi connectivity index (χ3v) is 5.58. The van der Waals surface area contributed by atoms with Crippen molar-refractivity contribution in [2.24, 2.45) is 5.92 Å². The van der Waals surface area contributed by atoms with Crippen LogP contribution in [0.2, 0.25) is 5.02 Å². The highest BCUT2D eigenvalue weighted by Gasteiger charge is 2.25. The van der Waals surface area contributed by atoms with E-state index in [1.165, 1.54) is 12.1 Å². The molecule has 4 rings (SSSR count). The van der Waals surface area contributed by atoms with Crippen LogP contribution in [0, 0.1) is 11.7 Å². The number of hydrogen-bond acceptors (Lipinski definition) is 3. The molecule has 6 heteroatoms. The molecule has 0 spiro atoms. The number of carbonyl (C=O) groups excluding carboxylic acids is 1. The molecule has 0 aliphatic carbocycles. The van der Waals surface area contributed by atoms with Gasteiger partial charge in [0.15, 0.2) is 0 Å². The SMILES string of the molecule is CNC(=O)C1CCN(c2cc(-c3ccc(F)cc3)nc3ccc(Cl)cc23)CC1. The van der Waals surface area contributed by atoms with E-state index in [2.05, 4.69) is 10.2 Å². The van der Waals surface area contributed by atoms with Gasteiger partial charge < -0.3 is 10.2 Å². The van der Waals surface area contributed by atoms with Crippen molar-refractivity contribution >= 4 is 34.1 Å². The van der Waals surface area contributed by atoms with Crippen LogP contribution in [-0.4, -0.2) is 31.0 Å². The molecule has 3 aromatic rings. The summed E-state index contributed by atoms with van der Waals surface area (Å²) < 4.78 is 13.3. The zero-order valence-corrected chi connectivity index (χ0v) is 16.3. The summed E-state index contributed by atoms with van der Waals surface area (Å²) in [5.41, 5.74) is 3.54. The summed E-state index contributed by atoms with van der Waals surface area (Å²) in [4.78, 5) is 19.0. The highest BCUT2D eigenvalue weighted by Crippen LogP contribution is 2.34. The van der Waals surface area contributed by atoms with Crippen molar-refractivity contribution in [1.29, 1.82) is 0 Å². The zero-order chi connectivity index (χ0) is 19.7. The van der Waals surface area contributed by atoms with Crippen LogP contribution in [0.4, 0.5) is 10.1 Å². The van der Waals surface area contributed by atoms with Gasteiger partial charge in [-0.05, 0) is 61.4 Å². The van der Waals surface area contributed by atoms with E-state index >= 15 is 0 Å². The predicted molar refractivity (Wildman–Crippen MR) is 111 cm³/mol. The van der Waals surface area contributed by atoms with Crippen LogP contribution in [0.25, 0.3) is 22.2 Å². The van der Waals surface area contributed by atoms with E-state index in [1.54, 1.807) is 19.2 Å². The number of hydrogen-bond donors (Lipinski definition) is 1. The van der Waals surface area contributed by atoms with E-state index in [0.29, 0.717) is 5.02 Å². The van der Waals surface area contributed by atoms with E-state index in [0.717, 1.165) is 53.8 Å². The van der Waals surface area contributed by atoms with E-state index < -0.39 is 0 Å². The standard InChI is InChI=1S/C22H21ClFN3O/c1-25-22(28)15-8-10-27(11-9-15)21-13-20(14-2-5-17(24)6-3-14)26-19-7-4-16(23)12-18(19)21/h2-7,12-13,15H,8-11H2,1H3,(H,25,28). The van der Waals surface area contributed by atoms with Gasteiger partial charge in [0, 0.05) is 47.7 Å². The van der Waals surface area contributed by atoms with Gasteiger partial charge in [-0.15, -0.1) is 0 Å². The Morgan fingerprint density at radius 3 is 2.54 bits per heavy atom. The van der Waals surface area contributed by atoms with Crippen LogP contribution in [0.3, 0.4) is 0 Å². The van der Waals surface area contributed by atoms with Crippen LogP contribution >= 0.6 is 11.6 Å². The Labute approximate surface area is 168 Å². The number of rotatable bonds is 3. The summed E-state index contributed by atoms with van der Waals surface area (Å²) in [5.74, 6) is -0.114. The van der Waals surface area contributed by atoms with Gasteiger partial charge in [-0.2, -0.15) is 0 Å². The maximum absolute atomic E-state index is 13.3. The number of nitrogens with one attached hydrogen (secondary N) is 1. The highest BCUT2D eigenvalue weighted by molar-refractivity contribution is 6.31. The van der Waals surface area contributed by atoms with Gasteiger partial charge in [0.25, 0.3) is 0 Å². The molecule has 2 aromatic carbocycles. The molecule has 1 aliphatic rings. The molecule has 0 unspecified atom stereocenters. The van der Waals surface area contributed by atoms with E-state index in [9.17, 15) is 9.18 Å². The van der Waals surface area contributed by atoms with E-state index in [1.807, 2.05) is 24.3 Å². The van der Waals surface area contributed by atoms with Crippen LogP contribution in [0.5, 0.6) is 0 Å². The van der Waals surface area contributed by atoms with Crippen molar-refractivity contribution in [2.75, 3.05) is 25.0 Å². The Morgan fingerprint density at radius 1 is 1.14 bits per heavy atom. The zero-order valence-electron chi connectivity index (χ0n) is 15.6. The number of anilines is 1. The van der Waals surface area contributed by atoms with Gasteiger partial charge in [0.2, 0.25) is 5.91 Å². The maximum atomic E-state index is 13.3. The Kier molecular flexibility index (Phi) is 5.18. The van der Waals surface area contributed by atoms with Gasteiger partial charge in [-0.1, -0.05) is 11.6 Å². The van der Waals surface area contributed by atoms with Crippen molar-refractivity contribution < 1.29 is 9.18 Å². The lowest BCUT2D eigenvalue weighted by atomic mass is 9.95. The van der Waals surface area contributed by atoms with Gasteiger partial charge in [-0.3, -0.25) is 4.79 Å². The first-order valence-corrected chi connectivity index (χ1v) is 9.76. The lowest BCUT2D eigenvalue weighted by Crippen LogP contribution is -2.39. The second-order valence-electron chi connectivity index (χ2n) is 7.07. The number of carbonyl (C=O) groups is 1. The number of amides is 1. The number of benzene rings is 2. The molecular weight excluding hydrogens is 377 g/mol. The molecule has 1 amide bonds. The number of nitrogens with zero attached hydrogens (tertiary/aromatic N) is 2. The van der Waals surface area contributed by atoms with Crippen molar-refractivity contribution in [3.05, 3.63) is 59.4 Å². The molecule has 0 atom stereocenters. The minimum absolute atomic E-state index is 0.0505. The van der Waals surface area contributed by atoms with Crippen molar-refractivity contribution in [1.82, 2.24) is 10.3 Å². The van der Waals surface area contributed by atoms with Crippen molar-refractivity contribution in [3.63, 3.8) is 0 Å². The lowest BCUT2D eigenvalue weighted by Gasteiger charge is -2.33. The van der Waals surface area contributed by atoms with Crippen LogP contribution in [-0.2, 0) is 4.79 Å². The summed E-state index contributed by atoms with van der Waals surface area (Å²) in [5, 5.41) is 4.39. The topological polar surface area (TPSA) is 45.2 Å². The number of piperidine rings is 1. The quantitative estimate of drug-likeness (QED) is 0.699. The molecule has 0 saturated carbocycles. The molecule has 2 heterocycles. The van der Waals surface area contributed by atoms with Crippen LogP contribution in [0.1, 0.15) is 12.8 Å². The molecule has 1 N–H and O–H groups in total. The summed E-state index contributed by atoms with van der Waals surface area (Å²) in [7, 11) is 1.68. The molecule has 1 aliphatic heterocycles. The fourth-order valence-corrected chi connectivity index (χ4v) is 3.97. The molecule has 144 valence electrons. The average Bonchev–Trinajstić information content (AvgIpc) is 2.73. The second-order valence-corrected chi connectivity index (χ2v) is 7.51. The van der Waals surface area contributed by atoms with Crippen molar-refractivity contribution in [3.8, 4) is 11.3 Å². The fraction of sp³-hybridized carbons (Fsp3) is 0.273. The molecule has 28 heavy (non-hydrogen) atoms. The first-order chi connectivity index (χ1) is 13.5. The van der Waals surface area contributed by atoms with E-state index in [4.69, 9.17) is 16.6 Å². The summed E-state index contributed by atoms with van der Waals surface area (Å²) in [6.45, 7) is 1.57. The molecule has 4 nitrogen and oxygen atoms in total. The fourth-order valence-electron chi connectivity index (χ4n) is 3.80. The van der Waals surface area contributed by atoms with Crippen molar-refractivity contribution in [2.45, 2.75) is 12.8 Å². The molecule has 1 fully saturated rings. The van der Waals surface area contributed by atoms with Gasteiger partial charge in [-0.25, -0.2) is 9.37 Å². The number of halogens is 2. The van der Waals surface area contributed by atoms with Gasteiger partial charge in [0.05, 0.1) is 11.2 Å². The molecular formula is C22H21ClFN3O. The third-order valence-electron chi connectivity index (χ3n) is 5.34. The first-order valence-electron chi connectivity index (χ1n) is 9.38. The summed E-state index contributed by atoms with van der Waals surface area (Å²) >= 11 is 6.25. The number of aromatic nitrogens is 1. The maximum Gasteiger partial charge on any atom is 0.222 e. The number of pyridine rings is 1. The minimum Gasteiger partial charge on any atom is -0.371 e. The largest absolute Gasteiger partial charge is 0.371 e. The van der Waals surface area contributed by atoms with Gasteiger partial charge >= 0.3 is 0 Å². The summed E-state index contributed by atoms with van der Waals surface area (Å²) in [6.07, 6.45) is 1.60. The molecule has 0 radical (unpaired) electrons. The van der Waals surface area contributed by atoms with E-state index in [-0.39, 0.29) is 17.6 Å². The Hall–Kier alpha value is -2.66. The molecule has 1 aromatic heterocycles.